The Morgan fingerprint density at radius 2 is 1.59 bits per heavy atom. The van der Waals surface area contributed by atoms with Crippen molar-refractivity contribution < 1.29 is 33.2 Å². The number of ether oxygens (including phenoxy) is 6. The summed E-state index contributed by atoms with van der Waals surface area (Å²) in [6.45, 7) is 3.22. The third-order valence-electron chi connectivity index (χ3n) is 7.68. The van der Waals surface area contributed by atoms with Crippen LogP contribution in [0.5, 0.6) is 28.7 Å². The molecule has 1 amide bonds. The Kier molecular flexibility index (Phi) is 9.16. The second-order valence-corrected chi connectivity index (χ2v) is 10.0. The Balaban J connectivity index is 1.51. The zero-order chi connectivity index (χ0) is 28.8. The van der Waals surface area contributed by atoms with E-state index in [1.54, 1.807) is 28.4 Å². The minimum Gasteiger partial charge on any atom is -0.493 e. The highest BCUT2D eigenvalue weighted by atomic mass is 16.5. The Morgan fingerprint density at radius 1 is 0.829 bits per heavy atom. The summed E-state index contributed by atoms with van der Waals surface area (Å²) < 4.78 is 34.2. The number of benzene rings is 3. The molecule has 0 aliphatic carbocycles. The molecule has 0 radical (unpaired) electrons. The third kappa shape index (κ3) is 6.21. The molecule has 41 heavy (non-hydrogen) atoms. The molecule has 2 bridgehead atoms. The Hall–Kier alpha value is -3.95. The zero-order valence-electron chi connectivity index (χ0n) is 24.2. The van der Waals surface area contributed by atoms with E-state index >= 15 is 0 Å². The van der Waals surface area contributed by atoms with E-state index in [0.29, 0.717) is 68.9 Å². The molecule has 0 saturated heterocycles. The van der Waals surface area contributed by atoms with Crippen LogP contribution in [0.25, 0.3) is 0 Å². The lowest BCUT2D eigenvalue weighted by atomic mass is 9.87. The first-order chi connectivity index (χ1) is 20.1. The molecule has 6 rings (SSSR count). The van der Waals surface area contributed by atoms with Crippen molar-refractivity contribution in [3.63, 3.8) is 0 Å². The summed E-state index contributed by atoms with van der Waals surface area (Å²) in [6.07, 6.45) is 0.714. The number of methoxy groups -OCH3 is 4. The van der Waals surface area contributed by atoms with Crippen molar-refractivity contribution in [3.05, 3.63) is 76.9 Å². The lowest BCUT2D eigenvalue weighted by molar-refractivity contribution is -0.134. The van der Waals surface area contributed by atoms with E-state index in [0.717, 1.165) is 28.0 Å². The van der Waals surface area contributed by atoms with E-state index in [1.807, 2.05) is 59.5 Å². The lowest BCUT2D eigenvalue weighted by Crippen LogP contribution is -2.46. The van der Waals surface area contributed by atoms with Crippen LogP contribution in [0.15, 0.2) is 54.6 Å². The van der Waals surface area contributed by atoms with E-state index in [9.17, 15) is 4.79 Å². The van der Waals surface area contributed by atoms with Gasteiger partial charge in [0.2, 0.25) is 5.91 Å². The lowest BCUT2D eigenvalue weighted by Gasteiger charge is -2.39. The molecular weight excluding hydrogens is 524 g/mol. The van der Waals surface area contributed by atoms with Crippen molar-refractivity contribution in [2.45, 2.75) is 19.0 Å². The first-order valence-corrected chi connectivity index (χ1v) is 13.8. The second-order valence-electron chi connectivity index (χ2n) is 10.0. The fourth-order valence-corrected chi connectivity index (χ4v) is 5.65. The van der Waals surface area contributed by atoms with Crippen LogP contribution in [0.2, 0.25) is 0 Å². The van der Waals surface area contributed by atoms with Gasteiger partial charge in [-0.1, -0.05) is 24.3 Å². The van der Waals surface area contributed by atoms with Crippen molar-refractivity contribution >= 4 is 5.91 Å². The van der Waals surface area contributed by atoms with Gasteiger partial charge in [0.25, 0.3) is 0 Å². The number of para-hydroxylation sites is 1. The summed E-state index contributed by atoms with van der Waals surface area (Å²) in [5.74, 6) is 3.44. The second kappa shape index (κ2) is 13.1. The molecule has 1 atom stereocenters. The van der Waals surface area contributed by atoms with Gasteiger partial charge in [-0.3, -0.25) is 9.69 Å². The Morgan fingerprint density at radius 3 is 2.32 bits per heavy atom. The van der Waals surface area contributed by atoms with Gasteiger partial charge in [-0.25, -0.2) is 0 Å². The van der Waals surface area contributed by atoms with Gasteiger partial charge in [-0.15, -0.1) is 0 Å². The average Bonchev–Trinajstić information content (AvgIpc) is 3.01. The molecule has 0 saturated carbocycles. The van der Waals surface area contributed by atoms with Crippen molar-refractivity contribution in [2.24, 2.45) is 0 Å². The van der Waals surface area contributed by atoms with Crippen LogP contribution in [-0.4, -0.2) is 83.6 Å². The van der Waals surface area contributed by atoms with Crippen molar-refractivity contribution in [1.82, 2.24) is 9.80 Å². The molecule has 0 spiro atoms. The van der Waals surface area contributed by atoms with Gasteiger partial charge in [0, 0.05) is 25.2 Å². The predicted molar refractivity (Wildman–Crippen MR) is 154 cm³/mol. The molecule has 3 aliphatic heterocycles. The molecule has 0 fully saturated rings. The number of fused-ring (bicyclic) bond motifs is 11. The molecule has 3 aromatic rings. The van der Waals surface area contributed by atoms with E-state index in [4.69, 9.17) is 28.4 Å². The summed E-state index contributed by atoms with van der Waals surface area (Å²) in [7, 11) is 6.52. The number of rotatable bonds is 6. The number of carbonyl (C=O) groups is 1. The first kappa shape index (κ1) is 28.6. The van der Waals surface area contributed by atoms with Gasteiger partial charge in [0.05, 0.1) is 54.2 Å². The standard InChI is InChI=1S/C32H38N2O7/c1-36-27-7-5-6-24(32(27)39-4)20-33-14-15-40-16-17-41-25-10-8-22(9-11-25)31-26-19-29(38-3)28(37-2)18-23(26)12-13-34(31)30(35)21-33/h5-11,18-19,31H,12-17,20-21H2,1-4H3. The first-order valence-electron chi connectivity index (χ1n) is 13.8. The van der Waals surface area contributed by atoms with E-state index < -0.39 is 0 Å². The minimum absolute atomic E-state index is 0.0347. The maximum Gasteiger partial charge on any atom is 0.237 e. The average molecular weight is 563 g/mol. The van der Waals surface area contributed by atoms with E-state index in [1.165, 1.54) is 0 Å². The topological polar surface area (TPSA) is 78.9 Å². The summed E-state index contributed by atoms with van der Waals surface area (Å²) >= 11 is 0. The Labute approximate surface area is 241 Å². The fourth-order valence-electron chi connectivity index (χ4n) is 5.65. The van der Waals surface area contributed by atoms with Crippen molar-refractivity contribution in [1.29, 1.82) is 0 Å². The quantitative estimate of drug-likeness (QED) is 0.416. The minimum atomic E-state index is -0.283. The third-order valence-corrected chi connectivity index (χ3v) is 7.68. The van der Waals surface area contributed by atoms with Gasteiger partial charge >= 0.3 is 0 Å². The van der Waals surface area contributed by atoms with Crippen LogP contribution < -0.4 is 23.7 Å². The summed E-state index contributed by atoms with van der Waals surface area (Å²) in [5.41, 5.74) is 4.12. The van der Waals surface area contributed by atoms with Crippen LogP contribution >= 0.6 is 0 Å². The molecule has 218 valence electrons. The smallest absolute Gasteiger partial charge is 0.237 e. The number of amides is 1. The zero-order valence-corrected chi connectivity index (χ0v) is 24.2. The number of nitrogens with zero attached hydrogens (tertiary/aromatic N) is 2. The maximum absolute atomic E-state index is 14.2. The van der Waals surface area contributed by atoms with Crippen LogP contribution in [0.4, 0.5) is 0 Å². The summed E-state index contributed by atoms with van der Waals surface area (Å²) in [5, 5.41) is 0. The predicted octanol–water partition coefficient (Wildman–Crippen LogP) is 4.11. The molecule has 0 aromatic heterocycles. The van der Waals surface area contributed by atoms with Crippen molar-refractivity contribution in [2.75, 3.05) is 67.9 Å². The van der Waals surface area contributed by atoms with E-state index in [2.05, 4.69) is 4.90 Å². The molecule has 0 N–H and O–H groups in total. The monoisotopic (exact) mass is 562 g/mol. The van der Waals surface area contributed by atoms with Crippen LogP contribution in [0, 0.1) is 0 Å². The number of hydrogen-bond donors (Lipinski definition) is 0. The molecule has 3 aromatic carbocycles. The van der Waals surface area contributed by atoms with Crippen LogP contribution in [0.3, 0.4) is 0 Å². The number of hydrogen-bond acceptors (Lipinski definition) is 8. The highest BCUT2D eigenvalue weighted by Crippen LogP contribution is 2.41. The van der Waals surface area contributed by atoms with Gasteiger partial charge in [-0.05, 0) is 53.4 Å². The normalized spacial score (nSPS) is 17.9. The largest absolute Gasteiger partial charge is 0.493 e. The molecular formula is C32H38N2O7. The van der Waals surface area contributed by atoms with Crippen LogP contribution in [0.1, 0.15) is 28.3 Å². The molecule has 1 unspecified atom stereocenters. The maximum atomic E-state index is 14.2. The van der Waals surface area contributed by atoms with Crippen molar-refractivity contribution in [3.8, 4) is 28.7 Å². The molecule has 3 aliphatic rings. The molecule has 3 heterocycles. The summed E-state index contributed by atoms with van der Waals surface area (Å²) in [4.78, 5) is 18.2. The van der Waals surface area contributed by atoms with Gasteiger partial charge < -0.3 is 33.3 Å². The highest BCUT2D eigenvalue weighted by Gasteiger charge is 2.34. The molecule has 9 nitrogen and oxygen atoms in total. The van der Waals surface area contributed by atoms with E-state index in [-0.39, 0.29) is 18.5 Å². The van der Waals surface area contributed by atoms with Gasteiger partial charge in [-0.2, -0.15) is 0 Å². The summed E-state index contributed by atoms with van der Waals surface area (Å²) in [6, 6.07) is 17.5. The van der Waals surface area contributed by atoms with Gasteiger partial charge in [0.1, 0.15) is 12.4 Å². The van der Waals surface area contributed by atoms with Crippen LogP contribution in [-0.2, 0) is 22.5 Å². The SMILES string of the molecule is COc1cc2c(cc1OC)C1c3ccc(cc3)OCCOCCN(Cc3cccc(OC)c3OC)CC(=O)N1CC2. The fraction of sp³-hybridized carbons (Fsp3) is 0.406. The highest BCUT2D eigenvalue weighted by molar-refractivity contribution is 5.80. The van der Waals surface area contributed by atoms with Gasteiger partial charge in [0.15, 0.2) is 23.0 Å². The molecule has 9 heteroatoms. The Bertz CT molecular complexity index is 1340. The number of carbonyl (C=O) groups excluding carboxylic acids is 1.